The molecule has 0 spiro atoms. The summed E-state index contributed by atoms with van der Waals surface area (Å²) in [6.07, 6.45) is -2.38. The van der Waals surface area contributed by atoms with Gasteiger partial charge in [0.15, 0.2) is 5.96 Å². The van der Waals surface area contributed by atoms with E-state index in [0.29, 0.717) is 24.1 Å². The second kappa shape index (κ2) is 11.8. The number of nitrogens with one attached hydrogen (secondary N) is 2. The third kappa shape index (κ3) is 7.65. The third-order valence-corrected chi connectivity index (χ3v) is 4.95. The summed E-state index contributed by atoms with van der Waals surface area (Å²) in [5.74, 6) is 6.26. The fourth-order valence-electron chi connectivity index (χ4n) is 3.36. The number of nitrogens with zero attached hydrogens (tertiary/aromatic N) is 2. The fraction of sp³-hybridized carbons (Fsp3) is 0.348. The first-order chi connectivity index (χ1) is 14.5. The zero-order valence-corrected chi connectivity index (χ0v) is 19.6. The van der Waals surface area contributed by atoms with E-state index < -0.39 is 11.7 Å². The number of aliphatic imine (C=N–C) groups is 1. The van der Waals surface area contributed by atoms with Crippen molar-refractivity contribution in [2.45, 2.75) is 25.1 Å². The van der Waals surface area contributed by atoms with Crippen LogP contribution in [0.4, 0.5) is 18.9 Å². The highest BCUT2D eigenvalue weighted by atomic mass is 127. The van der Waals surface area contributed by atoms with Crippen LogP contribution in [-0.2, 0) is 6.18 Å². The number of hydrogen-bond donors (Lipinski definition) is 2. The van der Waals surface area contributed by atoms with Crippen molar-refractivity contribution in [3.05, 3.63) is 65.7 Å². The lowest BCUT2D eigenvalue weighted by Gasteiger charge is -2.34. The van der Waals surface area contributed by atoms with Crippen molar-refractivity contribution in [2.75, 3.05) is 31.6 Å². The van der Waals surface area contributed by atoms with Crippen molar-refractivity contribution in [1.82, 2.24) is 10.6 Å². The molecule has 3 rings (SSSR count). The number of halogens is 4. The number of rotatable bonds is 3. The van der Waals surface area contributed by atoms with E-state index in [1.165, 1.54) is 11.8 Å². The van der Waals surface area contributed by atoms with E-state index in [4.69, 9.17) is 0 Å². The molecule has 0 aliphatic carbocycles. The first kappa shape index (κ1) is 24.9. The topological polar surface area (TPSA) is 39.7 Å². The molecule has 31 heavy (non-hydrogen) atoms. The SMILES string of the molecule is CN=C(NCC#Cc1cccc(C(F)(F)F)c1)NC1CCN(c2ccccc2)CC1.I. The number of hydrogen-bond acceptors (Lipinski definition) is 2. The van der Waals surface area contributed by atoms with Gasteiger partial charge in [-0.2, -0.15) is 13.2 Å². The Balaban J connectivity index is 0.00000341. The van der Waals surface area contributed by atoms with Gasteiger partial charge < -0.3 is 15.5 Å². The van der Waals surface area contributed by atoms with Gasteiger partial charge in [-0.3, -0.25) is 4.99 Å². The highest BCUT2D eigenvalue weighted by Gasteiger charge is 2.30. The van der Waals surface area contributed by atoms with E-state index in [2.05, 4.69) is 44.5 Å². The Morgan fingerprint density at radius 2 is 1.81 bits per heavy atom. The molecule has 0 radical (unpaired) electrons. The summed E-state index contributed by atoms with van der Waals surface area (Å²) in [6.45, 7) is 2.22. The van der Waals surface area contributed by atoms with Gasteiger partial charge in [0.1, 0.15) is 0 Å². The summed E-state index contributed by atoms with van der Waals surface area (Å²) in [4.78, 5) is 6.58. The molecule has 1 fully saturated rings. The zero-order chi connectivity index (χ0) is 21.4. The third-order valence-electron chi connectivity index (χ3n) is 4.95. The predicted octanol–water partition coefficient (Wildman–Crippen LogP) is 4.51. The molecule has 2 aromatic rings. The first-order valence-corrected chi connectivity index (χ1v) is 9.89. The van der Waals surface area contributed by atoms with Crippen LogP contribution in [-0.4, -0.2) is 38.7 Å². The smallest absolute Gasteiger partial charge is 0.371 e. The molecule has 0 atom stereocenters. The van der Waals surface area contributed by atoms with Crippen LogP contribution in [0.1, 0.15) is 24.0 Å². The highest BCUT2D eigenvalue weighted by Crippen LogP contribution is 2.29. The van der Waals surface area contributed by atoms with E-state index in [0.717, 1.165) is 38.1 Å². The van der Waals surface area contributed by atoms with Crippen molar-refractivity contribution in [3.8, 4) is 11.8 Å². The summed E-state index contributed by atoms with van der Waals surface area (Å²) < 4.78 is 38.3. The van der Waals surface area contributed by atoms with Gasteiger partial charge in [-0.1, -0.05) is 36.1 Å². The molecule has 1 saturated heterocycles. The molecule has 2 aromatic carbocycles. The summed E-state index contributed by atoms with van der Waals surface area (Å²) in [6, 6.07) is 15.7. The molecular formula is C23H26F3IN4. The Labute approximate surface area is 198 Å². The monoisotopic (exact) mass is 542 g/mol. The van der Waals surface area contributed by atoms with E-state index in [-0.39, 0.29) is 24.0 Å². The lowest BCUT2D eigenvalue weighted by atomic mass is 10.0. The minimum atomic E-state index is -4.36. The second-order valence-electron chi connectivity index (χ2n) is 7.05. The predicted molar refractivity (Wildman–Crippen MR) is 130 cm³/mol. The Bertz CT molecular complexity index is 912. The number of piperidine rings is 1. The van der Waals surface area contributed by atoms with Gasteiger partial charge in [-0.05, 0) is 43.2 Å². The number of benzene rings is 2. The maximum absolute atomic E-state index is 12.8. The van der Waals surface area contributed by atoms with Crippen LogP contribution >= 0.6 is 24.0 Å². The average Bonchev–Trinajstić information content (AvgIpc) is 2.76. The Morgan fingerprint density at radius 1 is 1.10 bits per heavy atom. The molecule has 0 saturated carbocycles. The summed E-state index contributed by atoms with van der Waals surface area (Å²) in [5, 5.41) is 6.51. The number of para-hydroxylation sites is 1. The normalized spacial score (nSPS) is 14.8. The number of guanidine groups is 1. The number of anilines is 1. The highest BCUT2D eigenvalue weighted by molar-refractivity contribution is 14.0. The van der Waals surface area contributed by atoms with Crippen LogP contribution in [0.25, 0.3) is 0 Å². The van der Waals surface area contributed by atoms with Gasteiger partial charge in [0.2, 0.25) is 0 Å². The molecule has 1 aliphatic heterocycles. The van der Waals surface area contributed by atoms with Crippen molar-refractivity contribution in [3.63, 3.8) is 0 Å². The lowest BCUT2D eigenvalue weighted by Crippen LogP contribution is -2.48. The largest absolute Gasteiger partial charge is 0.416 e. The van der Waals surface area contributed by atoms with Crippen LogP contribution in [0.3, 0.4) is 0 Å². The van der Waals surface area contributed by atoms with Crippen LogP contribution in [0, 0.1) is 11.8 Å². The zero-order valence-electron chi connectivity index (χ0n) is 17.2. The molecule has 0 amide bonds. The van der Waals surface area contributed by atoms with Crippen LogP contribution < -0.4 is 15.5 Å². The average molecular weight is 542 g/mol. The van der Waals surface area contributed by atoms with Crippen LogP contribution in [0.5, 0.6) is 0 Å². The lowest BCUT2D eigenvalue weighted by molar-refractivity contribution is -0.137. The van der Waals surface area contributed by atoms with Crippen LogP contribution in [0.2, 0.25) is 0 Å². The molecular weight excluding hydrogens is 516 g/mol. The van der Waals surface area contributed by atoms with E-state index in [1.807, 2.05) is 18.2 Å². The molecule has 4 nitrogen and oxygen atoms in total. The Morgan fingerprint density at radius 3 is 2.45 bits per heavy atom. The summed E-state index contributed by atoms with van der Waals surface area (Å²) >= 11 is 0. The molecule has 0 aromatic heterocycles. The first-order valence-electron chi connectivity index (χ1n) is 9.89. The standard InChI is InChI=1S/C23H25F3N4.HI/c1-27-22(28-14-6-8-18-7-5-9-19(17-18)23(24,25)26)29-20-12-15-30(16-13-20)21-10-3-2-4-11-21;/h2-5,7,9-11,17,20H,12-16H2,1H3,(H2,27,28,29);1H. The van der Waals surface area contributed by atoms with Gasteiger partial charge in [-0.25, -0.2) is 0 Å². The molecule has 1 aliphatic rings. The van der Waals surface area contributed by atoms with E-state index in [1.54, 1.807) is 13.1 Å². The fourth-order valence-corrected chi connectivity index (χ4v) is 3.36. The van der Waals surface area contributed by atoms with Gasteiger partial charge in [0.25, 0.3) is 0 Å². The maximum Gasteiger partial charge on any atom is 0.416 e. The molecule has 2 N–H and O–H groups in total. The maximum atomic E-state index is 12.8. The Hall–Kier alpha value is -2.41. The minimum Gasteiger partial charge on any atom is -0.371 e. The summed E-state index contributed by atoms with van der Waals surface area (Å²) in [5.41, 5.74) is 0.882. The van der Waals surface area contributed by atoms with Crippen LogP contribution in [0.15, 0.2) is 59.6 Å². The van der Waals surface area contributed by atoms with Gasteiger partial charge in [0.05, 0.1) is 12.1 Å². The Kier molecular flexibility index (Phi) is 9.49. The van der Waals surface area contributed by atoms with Gasteiger partial charge in [0, 0.05) is 37.4 Å². The van der Waals surface area contributed by atoms with Crippen molar-refractivity contribution in [1.29, 1.82) is 0 Å². The molecule has 166 valence electrons. The van der Waals surface area contributed by atoms with Crippen molar-refractivity contribution >= 4 is 35.6 Å². The van der Waals surface area contributed by atoms with Gasteiger partial charge in [-0.15, -0.1) is 24.0 Å². The van der Waals surface area contributed by atoms with E-state index in [9.17, 15) is 13.2 Å². The molecule has 8 heteroatoms. The van der Waals surface area contributed by atoms with Crippen molar-refractivity contribution in [2.24, 2.45) is 4.99 Å². The minimum absolute atomic E-state index is 0. The quantitative estimate of drug-likeness (QED) is 0.260. The van der Waals surface area contributed by atoms with E-state index >= 15 is 0 Å². The second-order valence-corrected chi connectivity index (χ2v) is 7.05. The van der Waals surface area contributed by atoms with Gasteiger partial charge >= 0.3 is 6.18 Å². The molecule has 0 unspecified atom stereocenters. The summed E-state index contributed by atoms with van der Waals surface area (Å²) in [7, 11) is 1.69. The molecule has 0 bridgehead atoms. The van der Waals surface area contributed by atoms with Crippen molar-refractivity contribution < 1.29 is 13.2 Å². The molecule has 1 heterocycles. The number of alkyl halides is 3.